The minimum atomic E-state index is -0.255. The molecule has 0 saturated carbocycles. The Hall–Kier alpha value is -2.36. The SMILES string of the molecule is CCOc1ccc(CN(C)C(=O)CCc2ccccc2F)cc1. The smallest absolute Gasteiger partial charge is 0.222 e. The van der Waals surface area contributed by atoms with Gasteiger partial charge in [0.15, 0.2) is 0 Å². The number of nitrogens with zero attached hydrogens (tertiary/aromatic N) is 1. The van der Waals surface area contributed by atoms with E-state index < -0.39 is 0 Å². The van der Waals surface area contributed by atoms with Crippen molar-refractivity contribution < 1.29 is 13.9 Å². The highest BCUT2D eigenvalue weighted by Gasteiger charge is 2.11. The van der Waals surface area contributed by atoms with E-state index in [0.29, 0.717) is 31.6 Å². The highest BCUT2D eigenvalue weighted by Crippen LogP contribution is 2.14. The maximum atomic E-state index is 13.6. The second-order valence-corrected chi connectivity index (χ2v) is 5.42. The van der Waals surface area contributed by atoms with E-state index in [0.717, 1.165) is 11.3 Å². The van der Waals surface area contributed by atoms with Crippen molar-refractivity contribution in [2.24, 2.45) is 0 Å². The zero-order chi connectivity index (χ0) is 16.7. The van der Waals surface area contributed by atoms with Crippen LogP contribution >= 0.6 is 0 Å². The van der Waals surface area contributed by atoms with Gasteiger partial charge in [-0.05, 0) is 42.7 Å². The highest BCUT2D eigenvalue weighted by molar-refractivity contribution is 5.76. The number of amides is 1. The number of carbonyl (C=O) groups is 1. The summed E-state index contributed by atoms with van der Waals surface area (Å²) in [6.07, 6.45) is 0.716. The summed E-state index contributed by atoms with van der Waals surface area (Å²) in [5, 5.41) is 0. The summed E-state index contributed by atoms with van der Waals surface area (Å²) in [7, 11) is 1.76. The minimum Gasteiger partial charge on any atom is -0.494 e. The summed E-state index contributed by atoms with van der Waals surface area (Å²) >= 11 is 0. The standard InChI is InChI=1S/C19H22FNO2/c1-3-23-17-11-8-15(9-12-17)14-21(2)19(22)13-10-16-6-4-5-7-18(16)20/h4-9,11-12H,3,10,13-14H2,1-2H3. The number of hydrogen-bond donors (Lipinski definition) is 0. The summed E-state index contributed by atoms with van der Waals surface area (Å²) < 4.78 is 18.9. The van der Waals surface area contributed by atoms with E-state index in [9.17, 15) is 9.18 Å². The Labute approximate surface area is 136 Å². The van der Waals surface area contributed by atoms with Gasteiger partial charge in [-0.2, -0.15) is 0 Å². The Morgan fingerprint density at radius 2 is 1.83 bits per heavy atom. The molecule has 0 aromatic heterocycles. The molecule has 4 heteroatoms. The number of aryl methyl sites for hydroxylation is 1. The van der Waals surface area contributed by atoms with Crippen molar-refractivity contribution in [1.82, 2.24) is 4.90 Å². The summed E-state index contributed by atoms with van der Waals surface area (Å²) in [6.45, 7) is 3.10. The Balaban J connectivity index is 1.86. The molecule has 2 rings (SSSR count). The molecule has 0 unspecified atom stereocenters. The molecule has 23 heavy (non-hydrogen) atoms. The molecule has 2 aromatic carbocycles. The Kier molecular flexibility index (Phi) is 6.15. The molecule has 0 atom stereocenters. The molecular formula is C19H22FNO2. The number of benzene rings is 2. The molecule has 0 N–H and O–H groups in total. The normalized spacial score (nSPS) is 10.4. The van der Waals surface area contributed by atoms with Crippen molar-refractivity contribution in [2.45, 2.75) is 26.3 Å². The average molecular weight is 315 g/mol. The van der Waals surface area contributed by atoms with Gasteiger partial charge in [0, 0.05) is 20.0 Å². The van der Waals surface area contributed by atoms with Crippen LogP contribution in [0.25, 0.3) is 0 Å². The lowest BCUT2D eigenvalue weighted by Gasteiger charge is -2.17. The van der Waals surface area contributed by atoms with Crippen molar-refractivity contribution >= 4 is 5.91 Å². The number of carbonyl (C=O) groups excluding carboxylic acids is 1. The molecule has 122 valence electrons. The van der Waals surface area contributed by atoms with Gasteiger partial charge in [-0.3, -0.25) is 4.79 Å². The maximum absolute atomic E-state index is 13.6. The number of hydrogen-bond acceptors (Lipinski definition) is 2. The summed E-state index contributed by atoms with van der Waals surface area (Å²) in [4.78, 5) is 13.8. The summed E-state index contributed by atoms with van der Waals surface area (Å²) in [6, 6.07) is 14.3. The first kappa shape index (κ1) is 17.0. The fourth-order valence-electron chi connectivity index (χ4n) is 2.35. The second kappa shape index (κ2) is 8.32. The zero-order valence-corrected chi connectivity index (χ0v) is 13.6. The van der Waals surface area contributed by atoms with E-state index in [-0.39, 0.29) is 11.7 Å². The molecule has 0 heterocycles. The molecule has 0 aliphatic heterocycles. The molecule has 0 fully saturated rings. The predicted molar refractivity (Wildman–Crippen MR) is 88.8 cm³/mol. The predicted octanol–water partition coefficient (Wildman–Crippen LogP) is 3.82. The van der Waals surface area contributed by atoms with Crippen LogP contribution in [-0.4, -0.2) is 24.5 Å². The third-order valence-corrected chi connectivity index (χ3v) is 3.65. The van der Waals surface area contributed by atoms with E-state index in [1.54, 1.807) is 30.1 Å². The topological polar surface area (TPSA) is 29.5 Å². The van der Waals surface area contributed by atoms with Gasteiger partial charge < -0.3 is 9.64 Å². The maximum Gasteiger partial charge on any atom is 0.222 e. The van der Waals surface area contributed by atoms with Crippen LogP contribution in [0.1, 0.15) is 24.5 Å². The summed E-state index contributed by atoms with van der Waals surface area (Å²) in [5.74, 6) is 0.571. The van der Waals surface area contributed by atoms with Gasteiger partial charge in [-0.1, -0.05) is 30.3 Å². The third kappa shape index (κ3) is 5.09. The van der Waals surface area contributed by atoms with E-state index in [2.05, 4.69) is 0 Å². The van der Waals surface area contributed by atoms with Crippen LogP contribution in [0, 0.1) is 5.82 Å². The van der Waals surface area contributed by atoms with Crippen molar-refractivity contribution in [3.8, 4) is 5.75 Å². The summed E-state index contributed by atoms with van der Waals surface area (Å²) in [5.41, 5.74) is 1.62. The molecule has 0 saturated heterocycles. The molecular weight excluding hydrogens is 293 g/mol. The Morgan fingerprint density at radius 3 is 2.48 bits per heavy atom. The molecule has 0 radical (unpaired) electrons. The number of rotatable bonds is 7. The van der Waals surface area contributed by atoms with E-state index in [1.165, 1.54) is 6.07 Å². The first-order chi connectivity index (χ1) is 11.1. The number of halogens is 1. The van der Waals surface area contributed by atoms with Gasteiger partial charge in [0.25, 0.3) is 0 Å². The Morgan fingerprint density at radius 1 is 1.13 bits per heavy atom. The van der Waals surface area contributed by atoms with Gasteiger partial charge in [0.2, 0.25) is 5.91 Å². The van der Waals surface area contributed by atoms with Crippen LogP contribution in [0.5, 0.6) is 5.75 Å². The van der Waals surface area contributed by atoms with Crippen LogP contribution in [0.2, 0.25) is 0 Å². The van der Waals surface area contributed by atoms with Crippen LogP contribution in [0.3, 0.4) is 0 Å². The van der Waals surface area contributed by atoms with Crippen LogP contribution < -0.4 is 4.74 Å². The lowest BCUT2D eigenvalue weighted by atomic mass is 10.1. The molecule has 0 bridgehead atoms. The molecule has 0 aliphatic rings. The Bertz CT molecular complexity index is 640. The first-order valence-electron chi connectivity index (χ1n) is 7.79. The highest BCUT2D eigenvalue weighted by atomic mass is 19.1. The largest absolute Gasteiger partial charge is 0.494 e. The van der Waals surface area contributed by atoms with Gasteiger partial charge >= 0.3 is 0 Å². The van der Waals surface area contributed by atoms with Crippen molar-refractivity contribution in [3.63, 3.8) is 0 Å². The molecule has 0 aliphatic carbocycles. The second-order valence-electron chi connectivity index (χ2n) is 5.42. The first-order valence-corrected chi connectivity index (χ1v) is 7.79. The van der Waals surface area contributed by atoms with Gasteiger partial charge in [0.05, 0.1) is 6.61 Å². The quantitative estimate of drug-likeness (QED) is 0.777. The lowest BCUT2D eigenvalue weighted by molar-refractivity contribution is -0.130. The van der Waals surface area contributed by atoms with Crippen LogP contribution in [-0.2, 0) is 17.8 Å². The van der Waals surface area contributed by atoms with Crippen LogP contribution in [0.15, 0.2) is 48.5 Å². The van der Waals surface area contributed by atoms with Crippen molar-refractivity contribution in [2.75, 3.05) is 13.7 Å². The molecule has 2 aromatic rings. The fraction of sp³-hybridized carbons (Fsp3) is 0.316. The van der Waals surface area contributed by atoms with E-state index >= 15 is 0 Å². The van der Waals surface area contributed by atoms with Crippen molar-refractivity contribution in [3.05, 3.63) is 65.5 Å². The van der Waals surface area contributed by atoms with E-state index in [4.69, 9.17) is 4.74 Å². The fourth-order valence-corrected chi connectivity index (χ4v) is 2.35. The van der Waals surface area contributed by atoms with Crippen molar-refractivity contribution in [1.29, 1.82) is 0 Å². The number of ether oxygens (including phenoxy) is 1. The van der Waals surface area contributed by atoms with E-state index in [1.807, 2.05) is 31.2 Å². The third-order valence-electron chi connectivity index (χ3n) is 3.65. The zero-order valence-electron chi connectivity index (χ0n) is 13.6. The van der Waals surface area contributed by atoms with Gasteiger partial charge in [0.1, 0.15) is 11.6 Å². The lowest BCUT2D eigenvalue weighted by Crippen LogP contribution is -2.26. The van der Waals surface area contributed by atoms with Crippen LogP contribution in [0.4, 0.5) is 4.39 Å². The minimum absolute atomic E-state index is 0.00198. The average Bonchev–Trinajstić information content (AvgIpc) is 2.56. The van der Waals surface area contributed by atoms with Gasteiger partial charge in [-0.25, -0.2) is 4.39 Å². The molecule has 0 spiro atoms. The molecule has 3 nitrogen and oxygen atoms in total. The van der Waals surface area contributed by atoms with Gasteiger partial charge in [-0.15, -0.1) is 0 Å². The molecule has 1 amide bonds. The monoisotopic (exact) mass is 315 g/mol.